The first kappa shape index (κ1) is 15.3. The largest absolute Gasteiger partial charge is 0.481 e. The van der Waals surface area contributed by atoms with Crippen molar-refractivity contribution in [2.45, 2.75) is 44.8 Å². The maximum atomic E-state index is 12.4. The van der Waals surface area contributed by atoms with Gasteiger partial charge >= 0.3 is 5.97 Å². The van der Waals surface area contributed by atoms with E-state index in [0.717, 1.165) is 38.9 Å². The molecule has 2 heterocycles. The molecule has 6 heteroatoms. The van der Waals surface area contributed by atoms with Crippen molar-refractivity contribution >= 4 is 11.9 Å². The third-order valence-corrected chi connectivity index (χ3v) is 4.27. The number of carboxylic acids is 1. The highest BCUT2D eigenvalue weighted by molar-refractivity contribution is 5.80. The lowest BCUT2D eigenvalue weighted by Gasteiger charge is -2.34. The lowest BCUT2D eigenvalue weighted by molar-refractivity contribution is -0.139. The maximum Gasteiger partial charge on any atom is 0.305 e. The number of nitrogens with zero attached hydrogens (tertiary/aromatic N) is 1. The minimum atomic E-state index is -0.833. The summed E-state index contributed by atoms with van der Waals surface area (Å²) in [5, 5.41) is 11.9. The number of hydrogen-bond acceptors (Lipinski definition) is 4. The molecular weight excluding hydrogens is 260 g/mol. The van der Waals surface area contributed by atoms with Crippen molar-refractivity contribution < 1.29 is 19.4 Å². The van der Waals surface area contributed by atoms with E-state index >= 15 is 0 Å². The minimum Gasteiger partial charge on any atom is -0.481 e. The summed E-state index contributed by atoms with van der Waals surface area (Å²) in [4.78, 5) is 24.7. The van der Waals surface area contributed by atoms with E-state index in [9.17, 15) is 9.59 Å². The Morgan fingerprint density at radius 2 is 2.00 bits per heavy atom. The van der Waals surface area contributed by atoms with Gasteiger partial charge in [-0.3, -0.25) is 9.59 Å². The van der Waals surface area contributed by atoms with Gasteiger partial charge in [-0.05, 0) is 32.7 Å². The average Bonchev–Trinajstić information content (AvgIpc) is 2.84. The van der Waals surface area contributed by atoms with Crippen molar-refractivity contribution in [1.82, 2.24) is 10.2 Å². The highest BCUT2D eigenvalue weighted by atomic mass is 16.5. The maximum absolute atomic E-state index is 12.4. The van der Waals surface area contributed by atoms with Gasteiger partial charge in [0.2, 0.25) is 5.91 Å². The first-order valence-corrected chi connectivity index (χ1v) is 7.43. The molecule has 2 rings (SSSR count). The number of nitrogens with one attached hydrogen (secondary N) is 1. The topological polar surface area (TPSA) is 78.9 Å². The van der Waals surface area contributed by atoms with Crippen LogP contribution in [-0.4, -0.2) is 60.3 Å². The number of aliphatic carboxylic acids is 1. The molecule has 2 saturated heterocycles. The zero-order chi connectivity index (χ0) is 14.5. The van der Waals surface area contributed by atoms with Gasteiger partial charge in [0.25, 0.3) is 0 Å². The van der Waals surface area contributed by atoms with Crippen molar-refractivity contribution in [3.8, 4) is 0 Å². The Morgan fingerprint density at radius 1 is 1.30 bits per heavy atom. The van der Waals surface area contributed by atoms with Crippen LogP contribution in [0.4, 0.5) is 0 Å². The number of carbonyl (C=O) groups is 2. The van der Waals surface area contributed by atoms with Crippen LogP contribution in [0, 0.1) is 5.92 Å². The smallest absolute Gasteiger partial charge is 0.305 e. The summed E-state index contributed by atoms with van der Waals surface area (Å²) >= 11 is 0. The number of ether oxygens (including phenoxy) is 1. The van der Waals surface area contributed by atoms with Gasteiger partial charge in [-0.25, -0.2) is 0 Å². The van der Waals surface area contributed by atoms with Crippen molar-refractivity contribution in [3.63, 3.8) is 0 Å². The van der Waals surface area contributed by atoms with Crippen LogP contribution in [0.1, 0.15) is 32.6 Å². The summed E-state index contributed by atoms with van der Waals surface area (Å²) in [6, 6.07) is 0.270. The molecule has 0 radical (unpaired) electrons. The predicted molar refractivity (Wildman–Crippen MR) is 73.4 cm³/mol. The highest BCUT2D eigenvalue weighted by Crippen LogP contribution is 2.21. The highest BCUT2D eigenvalue weighted by Gasteiger charge is 2.34. The number of carboxylic acid groups (broad SMARTS) is 1. The summed E-state index contributed by atoms with van der Waals surface area (Å²) in [5.74, 6) is -0.466. The SMILES string of the molecule is CC1NCCC1C(=O)N1CCC(OCCC(=O)O)CC1. The molecule has 2 atom stereocenters. The fourth-order valence-corrected chi connectivity index (χ4v) is 2.99. The van der Waals surface area contributed by atoms with E-state index in [1.165, 1.54) is 0 Å². The number of hydrogen-bond donors (Lipinski definition) is 2. The average molecular weight is 284 g/mol. The summed E-state index contributed by atoms with van der Waals surface area (Å²) < 4.78 is 5.54. The summed E-state index contributed by atoms with van der Waals surface area (Å²) in [6.45, 7) is 4.70. The predicted octanol–water partition coefficient (Wildman–Crippen LogP) is 0.467. The lowest BCUT2D eigenvalue weighted by atomic mass is 9.98. The molecule has 0 bridgehead atoms. The number of amides is 1. The Balaban J connectivity index is 1.71. The second-order valence-corrected chi connectivity index (χ2v) is 5.68. The van der Waals surface area contributed by atoms with E-state index in [2.05, 4.69) is 12.2 Å². The molecule has 2 unspecified atom stereocenters. The molecule has 0 aromatic heterocycles. The second-order valence-electron chi connectivity index (χ2n) is 5.68. The number of carbonyl (C=O) groups excluding carboxylic acids is 1. The van der Waals surface area contributed by atoms with Crippen LogP contribution in [0.15, 0.2) is 0 Å². The van der Waals surface area contributed by atoms with E-state index in [-0.39, 0.29) is 37.0 Å². The third-order valence-electron chi connectivity index (χ3n) is 4.27. The molecular formula is C14H24N2O4. The number of likely N-dealkylation sites (tertiary alicyclic amines) is 1. The van der Waals surface area contributed by atoms with Crippen LogP contribution < -0.4 is 5.32 Å². The Labute approximate surface area is 119 Å². The van der Waals surface area contributed by atoms with Crippen LogP contribution in [0.5, 0.6) is 0 Å². The molecule has 0 aliphatic carbocycles. The molecule has 2 aliphatic rings. The van der Waals surface area contributed by atoms with Gasteiger partial charge in [-0.2, -0.15) is 0 Å². The fraction of sp³-hybridized carbons (Fsp3) is 0.857. The molecule has 0 aromatic carbocycles. The minimum absolute atomic E-state index is 0.0460. The van der Waals surface area contributed by atoms with Crippen LogP contribution in [0.3, 0.4) is 0 Å². The first-order chi connectivity index (χ1) is 9.58. The van der Waals surface area contributed by atoms with Crippen LogP contribution >= 0.6 is 0 Å². The van der Waals surface area contributed by atoms with Crippen molar-refractivity contribution in [2.75, 3.05) is 26.2 Å². The van der Waals surface area contributed by atoms with Crippen LogP contribution in [0.2, 0.25) is 0 Å². The van der Waals surface area contributed by atoms with E-state index in [1.54, 1.807) is 0 Å². The molecule has 0 spiro atoms. The fourth-order valence-electron chi connectivity index (χ4n) is 2.99. The van der Waals surface area contributed by atoms with E-state index in [1.807, 2.05) is 4.90 Å². The van der Waals surface area contributed by atoms with E-state index < -0.39 is 5.97 Å². The standard InChI is InChI=1S/C14H24N2O4/c1-10-12(2-6-15-10)14(19)16-7-3-11(4-8-16)20-9-5-13(17)18/h10-12,15H,2-9H2,1H3,(H,17,18). The number of piperidine rings is 1. The molecule has 6 nitrogen and oxygen atoms in total. The summed E-state index contributed by atoms with van der Waals surface area (Å²) in [5.41, 5.74) is 0. The van der Waals surface area contributed by atoms with Crippen molar-refractivity contribution in [2.24, 2.45) is 5.92 Å². The molecule has 0 aromatic rings. The molecule has 2 aliphatic heterocycles. The molecule has 20 heavy (non-hydrogen) atoms. The normalized spacial score (nSPS) is 27.8. The van der Waals surface area contributed by atoms with Gasteiger partial charge in [0.1, 0.15) is 0 Å². The van der Waals surface area contributed by atoms with Gasteiger partial charge in [0, 0.05) is 19.1 Å². The van der Waals surface area contributed by atoms with E-state index in [0.29, 0.717) is 0 Å². The summed E-state index contributed by atoms with van der Waals surface area (Å²) in [6.07, 6.45) is 2.68. The number of rotatable bonds is 5. The zero-order valence-electron chi connectivity index (χ0n) is 12.0. The second kappa shape index (κ2) is 7.04. The zero-order valence-corrected chi connectivity index (χ0v) is 12.0. The lowest BCUT2D eigenvalue weighted by Crippen LogP contribution is -2.45. The monoisotopic (exact) mass is 284 g/mol. The summed E-state index contributed by atoms with van der Waals surface area (Å²) in [7, 11) is 0. The quantitative estimate of drug-likeness (QED) is 0.767. The Bertz CT molecular complexity index is 353. The molecule has 2 N–H and O–H groups in total. The van der Waals surface area contributed by atoms with E-state index in [4.69, 9.17) is 9.84 Å². The van der Waals surface area contributed by atoms with Gasteiger partial charge in [0.05, 0.1) is 25.0 Å². The van der Waals surface area contributed by atoms with Crippen molar-refractivity contribution in [1.29, 1.82) is 0 Å². The van der Waals surface area contributed by atoms with Crippen LogP contribution in [0.25, 0.3) is 0 Å². The van der Waals surface area contributed by atoms with Gasteiger partial charge in [-0.15, -0.1) is 0 Å². The Morgan fingerprint density at radius 3 is 2.55 bits per heavy atom. The molecule has 114 valence electrons. The van der Waals surface area contributed by atoms with Crippen LogP contribution in [-0.2, 0) is 14.3 Å². The molecule has 2 fully saturated rings. The van der Waals surface area contributed by atoms with Crippen molar-refractivity contribution in [3.05, 3.63) is 0 Å². The first-order valence-electron chi connectivity index (χ1n) is 7.43. The van der Waals surface area contributed by atoms with Gasteiger partial charge < -0.3 is 20.1 Å². The third kappa shape index (κ3) is 3.93. The molecule has 0 saturated carbocycles. The van der Waals surface area contributed by atoms with Gasteiger partial charge in [0.15, 0.2) is 0 Å². The van der Waals surface area contributed by atoms with Gasteiger partial charge in [-0.1, -0.05) is 0 Å². The Kier molecular flexibility index (Phi) is 5.37. The Hall–Kier alpha value is -1.14. The molecule has 1 amide bonds.